The van der Waals surface area contributed by atoms with Crippen LogP contribution in [0.1, 0.15) is 24.0 Å². The maximum absolute atomic E-state index is 12.8. The molecule has 2 aromatic carbocycles. The molecule has 1 aromatic heterocycles. The Kier molecular flexibility index (Phi) is 6.85. The zero-order valence-corrected chi connectivity index (χ0v) is 19.4. The number of ether oxygens (including phenoxy) is 2. The molecule has 33 heavy (non-hydrogen) atoms. The first-order valence-electron chi connectivity index (χ1n) is 10.8. The number of piperidine rings is 1. The molecule has 0 saturated carbocycles. The summed E-state index contributed by atoms with van der Waals surface area (Å²) in [5.41, 5.74) is 3.09. The summed E-state index contributed by atoms with van der Waals surface area (Å²) in [5.74, 6) is 1.24. The van der Waals surface area contributed by atoms with Gasteiger partial charge in [0.2, 0.25) is 5.91 Å². The van der Waals surface area contributed by atoms with Crippen molar-refractivity contribution in [2.24, 2.45) is 5.92 Å². The van der Waals surface area contributed by atoms with Crippen LogP contribution in [0.3, 0.4) is 0 Å². The van der Waals surface area contributed by atoms with E-state index in [2.05, 4.69) is 21.3 Å². The molecule has 0 unspecified atom stereocenters. The lowest BCUT2D eigenvalue weighted by Crippen LogP contribution is -2.40. The number of halogens is 1. The van der Waals surface area contributed by atoms with Crippen molar-refractivity contribution in [1.29, 1.82) is 5.26 Å². The average molecular weight is 465 g/mol. The third-order valence-electron chi connectivity index (χ3n) is 6.02. The summed E-state index contributed by atoms with van der Waals surface area (Å²) in [7, 11) is 3.18. The van der Waals surface area contributed by atoms with Gasteiger partial charge in [0.15, 0.2) is 11.5 Å². The standard InChI is InChI=1S/C25H25ClN4O3/c1-32-22-6-3-16(11-23(22)33-2)14-29-25(31)17-7-9-30(10-8-17)24-18(13-27)15-28-21-5-4-19(26)12-20(21)24/h3-6,11-12,15,17H,7-10,14H2,1-2H3,(H,29,31). The topological polar surface area (TPSA) is 87.5 Å². The number of hydrogen-bond donors (Lipinski definition) is 1. The molecule has 1 amide bonds. The van der Waals surface area contributed by atoms with E-state index in [-0.39, 0.29) is 11.8 Å². The summed E-state index contributed by atoms with van der Waals surface area (Å²) in [4.78, 5) is 19.4. The van der Waals surface area contributed by atoms with Crippen LogP contribution in [-0.2, 0) is 11.3 Å². The number of nitrogens with one attached hydrogen (secondary N) is 1. The monoisotopic (exact) mass is 464 g/mol. The van der Waals surface area contributed by atoms with E-state index in [9.17, 15) is 10.1 Å². The maximum Gasteiger partial charge on any atom is 0.223 e. The highest BCUT2D eigenvalue weighted by Gasteiger charge is 2.27. The third kappa shape index (κ3) is 4.81. The van der Waals surface area contributed by atoms with Gasteiger partial charge in [0.1, 0.15) is 6.07 Å². The number of carbonyl (C=O) groups is 1. The first-order valence-corrected chi connectivity index (χ1v) is 11.1. The van der Waals surface area contributed by atoms with Crippen LogP contribution in [0.2, 0.25) is 5.02 Å². The molecule has 170 valence electrons. The molecule has 3 aromatic rings. The molecular weight excluding hydrogens is 440 g/mol. The number of fused-ring (bicyclic) bond motifs is 1. The van der Waals surface area contributed by atoms with Crippen molar-refractivity contribution in [3.8, 4) is 17.6 Å². The van der Waals surface area contributed by atoms with Crippen molar-refractivity contribution in [3.63, 3.8) is 0 Å². The maximum atomic E-state index is 12.8. The highest BCUT2D eigenvalue weighted by molar-refractivity contribution is 6.31. The zero-order chi connectivity index (χ0) is 23.4. The molecule has 0 atom stereocenters. The van der Waals surface area contributed by atoms with Crippen molar-refractivity contribution in [2.75, 3.05) is 32.2 Å². The molecule has 0 aliphatic carbocycles. The van der Waals surface area contributed by atoms with Gasteiger partial charge in [0.05, 0.1) is 31.0 Å². The van der Waals surface area contributed by atoms with E-state index in [0.29, 0.717) is 54.6 Å². The van der Waals surface area contributed by atoms with Gasteiger partial charge in [-0.3, -0.25) is 9.78 Å². The van der Waals surface area contributed by atoms with Crippen LogP contribution >= 0.6 is 11.6 Å². The number of pyridine rings is 1. The molecule has 1 aliphatic rings. The number of nitriles is 1. The summed E-state index contributed by atoms with van der Waals surface area (Å²) in [6.45, 7) is 1.77. The van der Waals surface area contributed by atoms with Gasteiger partial charge in [-0.25, -0.2) is 0 Å². The Hall–Kier alpha value is -3.50. The van der Waals surface area contributed by atoms with Crippen LogP contribution in [0.4, 0.5) is 5.69 Å². The quantitative estimate of drug-likeness (QED) is 0.585. The van der Waals surface area contributed by atoms with Gasteiger partial charge in [0, 0.05) is 42.2 Å². The molecule has 1 saturated heterocycles. The second-order valence-electron chi connectivity index (χ2n) is 7.96. The van der Waals surface area contributed by atoms with E-state index in [1.54, 1.807) is 26.5 Å². The molecule has 0 spiro atoms. The van der Waals surface area contributed by atoms with E-state index in [0.717, 1.165) is 22.2 Å². The summed E-state index contributed by atoms with van der Waals surface area (Å²) >= 11 is 6.21. The number of nitrogens with zero attached hydrogens (tertiary/aromatic N) is 3. The molecule has 1 fully saturated rings. The number of hydrogen-bond acceptors (Lipinski definition) is 6. The molecule has 4 rings (SSSR count). The van der Waals surface area contributed by atoms with Crippen LogP contribution < -0.4 is 19.7 Å². The predicted molar refractivity (Wildman–Crippen MR) is 128 cm³/mol. The van der Waals surface area contributed by atoms with Gasteiger partial charge >= 0.3 is 0 Å². The average Bonchev–Trinajstić information content (AvgIpc) is 2.86. The Labute approximate surface area is 197 Å². The molecule has 1 N–H and O–H groups in total. The first kappa shape index (κ1) is 22.7. The highest BCUT2D eigenvalue weighted by atomic mass is 35.5. The Morgan fingerprint density at radius 3 is 2.64 bits per heavy atom. The first-order chi connectivity index (χ1) is 16.0. The van der Waals surface area contributed by atoms with Crippen LogP contribution in [0.5, 0.6) is 11.5 Å². The Morgan fingerprint density at radius 2 is 1.94 bits per heavy atom. The molecule has 1 aliphatic heterocycles. The number of carbonyl (C=O) groups excluding carboxylic acids is 1. The highest BCUT2D eigenvalue weighted by Crippen LogP contribution is 2.34. The number of methoxy groups -OCH3 is 2. The van der Waals surface area contributed by atoms with E-state index >= 15 is 0 Å². The molecule has 0 radical (unpaired) electrons. The fourth-order valence-electron chi connectivity index (χ4n) is 4.26. The summed E-state index contributed by atoms with van der Waals surface area (Å²) in [6, 6.07) is 13.4. The van der Waals surface area contributed by atoms with Crippen LogP contribution in [-0.4, -0.2) is 38.2 Å². The molecule has 7 nitrogen and oxygen atoms in total. The van der Waals surface area contributed by atoms with Crippen molar-refractivity contribution in [2.45, 2.75) is 19.4 Å². The van der Waals surface area contributed by atoms with E-state index in [4.69, 9.17) is 21.1 Å². The Bertz CT molecular complexity index is 1220. The smallest absolute Gasteiger partial charge is 0.223 e. The summed E-state index contributed by atoms with van der Waals surface area (Å²) in [6.07, 6.45) is 3.01. The van der Waals surface area contributed by atoms with Gasteiger partial charge in [-0.2, -0.15) is 5.26 Å². The van der Waals surface area contributed by atoms with Gasteiger partial charge in [-0.05, 0) is 48.7 Å². The number of amides is 1. The van der Waals surface area contributed by atoms with Crippen molar-refractivity contribution in [1.82, 2.24) is 10.3 Å². The second kappa shape index (κ2) is 9.97. The van der Waals surface area contributed by atoms with Gasteiger partial charge in [-0.15, -0.1) is 0 Å². The SMILES string of the molecule is COc1ccc(CNC(=O)C2CCN(c3c(C#N)cnc4ccc(Cl)cc34)CC2)cc1OC. The van der Waals surface area contributed by atoms with Gasteiger partial charge in [0.25, 0.3) is 0 Å². The molecule has 0 bridgehead atoms. The van der Waals surface area contributed by atoms with Crippen molar-refractivity contribution in [3.05, 3.63) is 58.7 Å². The molecular formula is C25H25ClN4O3. The predicted octanol–water partition coefficient (Wildman–Crippen LogP) is 4.31. The number of rotatable bonds is 6. The largest absolute Gasteiger partial charge is 0.493 e. The Morgan fingerprint density at radius 1 is 1.18 bits per heavy atom. The molecule has 8 heteroatoms. The minimum absolute atomic E-state index is 0.0348. The lowest BCUT2D eigenvalue weighted by Gasteiger charge is -2.34. The minimum atomic E-state index is -0.0800. The van der Waals surface area contributed by atoms with Crippen molar-refractivity contribution < 1.29 is 14.3 Å². The fourth-order valence-corrected chi connectivity index (χ4v) is 4.43. The van der Waals surface area contributed by atoms with E-state index in [1.165, 1.54) is 0 Å². The lowest BCUT2D eigenvalue weighted by molar-refractivity contribution is -0.125. The summed E-state index contributed by atoms with van der Waals surface area (Å²) in [5, 5.41) is 14.1. The normalized spacial score (nSPS) is 14.1. The van der Waals surface area contributed by atoms with Crippen LogP contribution in [0.15, 0.2) is 42.6 Å². The van der Waals surface area contributed by atoms with Crippen molar-refractivity contribution >= 4 is 34.1 Å². The van der Waals surface area contributed by atoms with Gasteiger partial charge < -0.3 is 19.7 Å². The zero-order valence-electron chi connectivity index (χ0n) is 18.6. The Balaban J connectivity index is 1.42. The number of anilines is 1. The summed E-state index contributed by atoms with van der Waals surface area (Å²) < 4.78 is 10.6. The van der Waals surface area contributed by atoms with Gasteiger partial charge in [-0.1, -0.05) is 17.7 Å². The second-order valence-corrected chi connectivity index (χ2v) is 8.40. The minimum Gasteiger partial charge on any atom is -0.493 e. The lowest BCUT2D eigenvalue weighted by atomic mass is 9.94. The third-order valence-corrected chi connectivity index (χ3v) is 6.25. The van der Waals surface area contributed by atoms with E-state index < -0.39 is 0 Å². The number of aromatic nitrogens is 1. The van der Waals surface area contributed by atoms with Crippen LogP contribution in [0, 0.1) is 17.2 Å². The van der Waals surface area contributed by atoms with E-state index in [1.807, 2.05) is 30.3 Å². The number of benzene rings is 2. The fraction of sp³-hybridized carbons (Fsp3) is 0.320. The van der Waals surface area contributed by atoms with Crippen LogP contribution in [0.25, 0.3) is 10.9 Å². The molecule has 2 heterocycles.